The van der Waals surface area contributed by atoms with Gasteiger partial charge in [0.1, 0.15) is 6.33 Å². The highest BCUT2D eigenvalue weighted by Gasteiger charge is 2.22. The summed E-state index contributed by atoms with van der Waals surface area (Å²) < 4.78 is 45.3. The summed E-state index contributed by atoms with van der Waals surface area (Å²) in [7, 11) is 0. The molecule has 0 aliphatic carbocycles. The van der Waals surface area contributed by atoms with Crippen molar-refractivity contribution in [2.24, 2.45) is 0 Å². The van der Waals surface area contributed by atoms with Gasteiger partial charge < -0.3 is 0 Å². The van der Waals surface area contributed by atoms with Crippen molar-refractivity contribution in [3.05, 3.63) is 11.4 Å². The van der Waals surface area contributed by atoms with Gasteiger partial charge in [-0.15, -0.1) is 0 Å². The van der Waals surface area contributed by atoms with Gasteiger partial charge in [-0.25, -0.2) is 17.6 Å². The third-order valence-corrected chi connectivity index (χ3v) is 0.880. The molecule has 1 unspecified atom stereocenters. The van der Waals surface area contributed by atoms with Crippen molar-refractivity contribution in [2.75, 3.05) is 0 Å². The van der Waals surface area contributed by atoms with Crippen LogP contribution in [0.1, 0.15) is 0 Å². The molecule has 0 radical (unpaired) electrons. The van der Waals surface area contributed by atoms with Gasteiger partial charge in [-0.05, 0) is 0 Å². The van der Waals surface area contributed by atoms with E-state index in [-0.39, 0.29) is 0 Å². The van der Waals surface area contributed by atoms with Crippen molar-refractivity contribution < 1.29 is 17.6 Å². The van der Waals surface area contributed by atoms with E-state index in [1.807, 2.05) is 0 Å². The smallest absolute Gasteiger partial charge is 0.235 e. The molecule has 9 heavy (non-hydrogen) atoms. The molecular formula is C4H3ClF4. The minimum atomic E-state index is -3.26. The molecule has 0 saturated carbocycles. The highest BCUT2D eigenvalue weighted by Crippen LogP contribution is 2.18. The number of halogens is 5. The molecule has 0 aliphatic heterocycles. The zero-order chi connectivity index (χ0) is 7.44. The first-order chi connectivity index (χ1) is 4.09. The average Bonchev–Trinajstić information content (AvgIpc) is 1.84. The summed E-state index contributed by atoms with van der Waals surface area (Å²) in [4.78, 5) is 0. The van der Waals surface area contributed by atoms with Crippen LogP contribution in [0.25, 0.3) is 0 Å². The van der Waals surface area contributed by atoms with Gasteiger partial charge in [0.2, 0.25) is 0 Å². The summed E-state index contributed by atoms with van der Waals surface area (Å²) in [5.41, 5.74) is 0. The van der Waals surface area contributed by atoms with Gasteiger partial charge in [-0.2, -0.15) is 0 Å². The Labute approximate surface area is 54.1 Å². The van der Waals surface area contributed by atoms with Gasteiger partial charge >= 0.3 is 0 Å². The Morgan fingerprint density at radius 3 is 1.89 bits per heavy atom. The average molecular weight is 163 g/mol. The number of hydrogen-bond donors (Lipinski definition) is 0. The maximum atomic E-state index is 11.7. The van der Waals surface area contributed by atoms with E-state index in [1.54, 1.807) is 0 Å². The molecule has 0 saturated heterocycles. The van der Waals surface area contributed by atoms with Gasteiger partial charge in [-0.3, -0.25) is 0 Å². The van der Waals surface area contributed by atoms with E-state index in [4.69, 9.17) is 0 Å². The van der Waals surface area contributed by atoms with Crippen LogP contribution in [0.2, 0.25) is 0 Å². The molecule has 0 rings (SSSR count). The second-order valence-corrected chi connectivity index (χ2v) is 1.67. The molecule has 0 aliphatic rings. The molecule has 0 N–H and O–H groups in total. The quantitative estimate of drug-likeness (QED) is 0.548. The summed E-state index contributed by atoms with van der Waals surface area (Å²) >= 11 is 4.64. The molecule has 0 heterocycles. The zero-order valence-corrected chi connectivity index (χ0v) is 4.88. The molecule has 0 amide bonds. The summed E-state index contributed by atoms with van der Waals surface area (Å²) in [5.74, 6) is 0. The monoisotopic (exact) mass is 162 g/mol. The summed E-state index contributed by atoms with van der Waals surface area (Å²) in [5, 5.41) is -1.11. The Morgan fingerprint density at radius 1 is 1.33 bits per heavy atom. The van der Waals surface area contributed by atoms with Crippen LogP contribution in [-0.2, 0) is 0 Å². The molecule has 0 bridgehead atoms. The van der Waals surface area contributed by atoms with Crippen molar-refractivity contribution in [1.82, 2.24) is 0 Å². The van der Waals surface area contributed by atoms with E-state index in [0.717, 1.165) is 0 Å². The van der Waals surface area contributed by atoms with Crippen molar-refractivity contribution in [1.29, 1.82) is 0 Å². The minimum absolute atomic E-state index is 0.390. The first kappa shape index (κ1) is 8.75. The lowest BCUT2D eigenvalue weighted by Gasteiger charge is -2.01. The number of hydrogen-bond acceptors (Lipinski definition) is 0. The topological polar surface area (TPSA) is 0 Å². The Morgan fingerprint density at radius 2 is 1.78 bits per heavy atom. The molecule has 1 atom stereocenters. The van der Waals surface area contributed by atoms with E-state index in [0.29, 0.717) is 0 Å². The molecule has 5 heteroatoms. The van der Waals surface area contributed by atoms with E-state index >= 15 is 0 Å². The van der Waals surface area contributed by atoms with Crippen LogP contribution in [-0.4, -0.2) is 12.6 Å². The van der Waals surface area contributed by atoms with E-state index < -0.39 is 24.0 Å². The Bertz CT molecular complexity index is 111. The van der Waals surface area contributed by atoms with E-state index in [1.165, 1.54) is 0 Å². The standard InChI is InChI=1S/C4H3ClF4/c5-2(1-6)3(7)4(8)9/h1,3-4H/b2-1+. The lowest BCUT2D eigenvalue weighted by molar-refractivity contribution is 0.0722. The van der Waals surface area contributed by atoms with Crippen molar-refractivity contribution >= 4 is 11.6 Å². The number of rotatable bonds is 2. The number of alkyl halides is 3. The highest BCUT2D eigenvalue weighted by molar-refractivity contribution is 6.30. The van der Waals surface area contributed by atoms with Crippen molar-refractivity contribution in [2.45, 2.75) is 12.6 Å². The summed E-state index contributed by atoms with van der Waals surface area (Å²) in [6.45, 7) is 0. The second-order valence-electron chi connectivity index (χ2n) is 1.23. The van der Waals surface area contributed by atoms with E-state index in [9.17, 15) is 17.6 Å². The lowest BCUT2D eigenvalue weighted by atomic mass is 10.4. The molecule has 0 aromatic rings. The molecule has 54 valence electrons. The summed E-state index contributed by atoms with van der Waals surface area (Å²) in [6.07, 6.45) is -6.35. The SMILES string of the molecule is F/C=C(/Cl)C(F)C(F)F. The third kappa shape index (κ3) is 2.70. The normalized spacial score (nSPS) is 16.4. The van der Waals surface area contributed by atoms with Gasteiger partial charge in [0.15, 0.2) is 6.17 Å². The van der Waals surface area contributed by atoms with Crippen LogP contribution in [0, 0.1) is 0 Å². The maximum Gasteiger partial charge on any atom is 0.274 e. The second kappa shape index (κ2) is 3.71. The van der Waals surface area contributed by atoms with Gasteiger partial charge in [-0.1, -0.05) is 11.6 Å². The predicted molar refractivity (Wildman–Crippen MR) is 25.9 cm³/mol. The largest absolute Gasteiger partial charge is 0.274 e. The molecule has 0 fully saturated rings. The van der Waals surface area contributed by atoms with E-state index in [2.05, 4.69) is 11.6 Å². The number of allylic oxidation sites excluding steroid dienone is 1. The molecular weight excluding hydrogens is 159 g/mol. The van der Waals surface area contributed by atoms with Gasteiger partial charge in [0.05, 0.1) is 5.03 Å². The fraction of sp³-hybridized carbons (Fsp3) is 0.500. The van der Waals surface area contributed by atoms with Crippen LogP contribution in [0.4, 0.5) is 17.6 Å². The van der Waals surface area contributed by atoms with Crippen molar-refractivity contribution in [3.63, 3.8) is 0 Å². The summed E-state index contributed by atoms with van der Waals surface area (Å²) in [6, 6.07) is 0. The third-order valence-electron chi connectivity index (χ3n) is 0.589. The first-order valence-electron chi connectivity index (χ1n) is 1.97. The zero-order valence-electron chi connectivity index (χ0n) is 4.12. The van der Waals surface area contributed by atoms with Crippen molar-refractivity contribution in [3.8, 4) is 0 Å². The van der Waals surface area contributed by atoms with Crippen LogP contribution < -0.4 is 0 Å². The molecule has 0 nitrogen and oxygen atoms in total. The molecule has 0 aromatic heterocycles. The first-order valence-corrected chi connectivity index (χ1v) is 2.35. The van der Waals surface area contributed by atoms with Gasteiger partial charge in [0.25, 0.3) is 6.43 Å². The highest BCUT2D eigenvalue weighted by atomic mass is 35.5. The van der Waals surface area contributed by atoms with Crippen LogP contribution in [0.3, 0.4) is 0 Å². The fourth-order valence-corrected chi connectivity index (χ4v) is 0.276. The predicted octanol–water partition coefficient (Wildman–Crippen LogP) is 2.64. The molecule has 0 spiro atoms. The fourth-order valence-electron chi connectivity index (χ4n) is 0.181. The Balaban J connectivity index is 3.88. The lowest BCUT2D eigenvalue weighted by Crippen LogP contribution is -2.11. The van der Waals surface area contributed by atoms with Crippen LogP contribution in [0.5, 0.6) is 0 Å². The van der Waals surface area contributed by atoms with Gasteiger partial charge in [0, 0.05) is 0 Å². The Kier molecular flexibility index (Phi) is 3.61. The van der Waals surface area contributed by atoms with Crippen LogP contribution >= 0.6 is 11.6 Å². The molecule has 0 aromatic carbocycles. The van der Waals surface area contributed by atoms with Crippen LogP contribution in [0.15, 0.2) is 11.4 Å². The maximum absolute atomic E-state index is 11.7. The minimum Gasteiger partial charge on any atom is -0.235 e. The Hall–Kier alpha value is -0.250.